The molecule has 0 aliphatic heterocycles. The summed E-state index contributed by atoms with van der Waals surface area (Å²) in [4.78, 5) is 215. The van der Waals surface area contributed by atoms with Gasteiger partial charge in [0.05, 0.1) is 98.1 Å². The number of rotatable bonds is 65. The fraction of sp³-hybridized carbons (Fsp3) is 0.704. The quantitative estimate of drug-likeness (QED) is 0.00989. The average molecular weight is 1870 g/mol. The predicted octanol–water partition coefficient (Wildman–Crippen LogP) is 0.548. The number of aliphatic hydroxyl groups is 3. The van der Waals surface area contributed by atoms with Crippen LogP contribution >= 0.6 is 8.53 Å². The fourth-order valence-corrected chi connectivity index (χ4v) is 13.6. The Kier molecular flexibility index (Phi) is 59.8. The number of hydrogen-bond donors (Lipinski definition) is 11. The molecule has 0 radical (unpaired) electrons. The summed E-state index contributed by atoms with van der Waals surface area (Å²) >= 11 is 0. The molecule has 0 aromatic carbocycles. The molecule has 0 saturated heterocycles. The topological polar surface area (TPSA) is 631 Å². The van der Waals surface area contributed by atoms with Crippen LogP contribution in [0.4, 0.5) is 0 Å². The summed E-state index contributed by atoms with van der Waals surface area (Å²) in [5, 5.41) is 62.8. The molecule has 0 aromatic heterocycles. The van der Waals surface area contributed by atoms with E-state index in [1.807, 2.05) is 27.7 Å². The highest BCUT2D eigenvalue weighted by Crippen LogP contribution is 2.49. The second-order valence-corrected chi connectivity index (χ2v) is 30.4. The van der Waals surface area contributed by atoms with Gasteiger partial charge < -0.3 is 138 Å². The van der Waals surface area contributed by atoms with Crippen LogP contribution in [0, 0.1) is 17.2 Å². The highest BCUT2D eigenvalue weighted by Gasteiger charge is 2.38. The molecule has 48 heteroatoms. The Labute approximate surface area is 749 Å². The summed E-state index contributed by atoms with van der Waals surface area (Å²) in [5.41, 5.74) is -1.65. The summed E-state index contributed by atoms with van der Waals surface area (Å²) in [7, 11) is -1.59. The molecular weight excluding hydrogens is 1740 g/mol. The number of nitrogens with zero attached hydrogens (tertiary/aromatic N) is 2. The van der Waals surface area contributed by atoms with E-state index in [1.54, 1.807) is 0 Å². The maximum atomic E-state index is 14.3. The molecule has 8 amide bonds. The van der Waals surface area contributed by atoms with Crippen molar-refractivity contribution < 1.29 is 177 Å². The number of carbonyl (C=O) groups excluding carboxylic acids is 17. The number of aliphatic hydroxyl groups excluding tert-OH is 3. The van der Waals surface area contributed by atoms with Crippen molar-refractivity contribution in [3.05, 3.63) is 34.4 Å². The van der Waals surface area contributed by atoms with Crippen molar-refractivity contribution in [1.82, 2.24) is 47.2 Å². The molecule has 129 heavy (non-hydrogen) atoms. The number of esters is 9. The molecule has 1 saturated carbocycles. The number of nitriles is 1. The number of hydrogen-bond acceptors (Lipinski definition) is 39. The van der Waals surface area contributed by atoms with Gasteiger partial charge in [0.1, 0.15) is 29.2 Å². The van der Waals surface area contributed by atoms with E-state index in [1.165, 1.54) is 0 Å². The van der Waals surface area contributed by atoms with E-state index >= 15 is 0 Å². The van der Waals surface area contributed by atoms with Crippen LogP contribution < -0.4 is 42.5 Å². The van der Waals surface area contributed by atoms with Gasteiger partial charge in [0.25, 0.3) is 8.53 Å². The first-order chi connectivity index (χ1) is 60.9. The summed E-state index contributed by atoms with van der Waals surface area (Å²) in [5.74, 6) is -16.0. The second kappa shape index (κ2) is 66.1. The van der Waals surface area contributed by atoms with Gasteiger partial charge in [-0.2, -0.15) is 5.26 Å². The Hall–Kier alpha value is -10.4. The number of ether oxygens (including phenoxy) is 15. The smallest absolute Gasteiger partial charge is 0.307 e. The maximum Gasteiger partial charge on any atom is 0.307 e. The van der Waals surface area contributed by atoms with Gasteiger partial charge in [0.15, 0.2) is 54.5 Å². The molecular formula is C81H129N10O37P. The van der Waals surface area contributed by atoms with Crippen molar-refractivity contribution in [3.63, 3.8) is 0 Å². The van der Waals surface area contributed by atoms with Gasteiger partial charge in [-0.15, -0.1) is 0 Å². The minimum atomic E-state index is -2.09. The molecule has 0 heterocycles. The molecule has 9 unspecified atom stereocenters. The van der Waals surface area contributed by atoms with E-state index in [0.717, 1.165) is 83.1 Å². The molecule has 0 aromatic rings. The van der Waals surface area contributed by atoms with Gasteiger partial charge in [-0.25, -0.2) is 4.67 Å². The minimum absolute atomic E-state index is 0.0217. The zero-order chi connectivity index (χ0) is 97.3. The van der Waals surface area contributed by atoms with E-state index in [-0.39, 0.29) is 142 Å². The molecule has 1 fully saturated rings. The lowest BCUT2D eigenvalue weighted by molar-refractivity contribution is -0.154. The van der Waals surface area contributed by atoms with Crippen molar-refractivity contribution in [1.29, 1.82) is 5.26 Å². The van der Waals surface area contributed by atoms with Crippen molar-refractivity contribution in [2.45, 2.75) is 262 Å². The molecule has 9 atom stereocenters. The van der Waals surface area contributed by atoms with Crippen LogP contribution in [0.25, 0.3) is 0 Å². The van der Waals surface area contributed by atoms with E-state index in [0.29, 0.717) is 32.1 Å². The third-order valence-electron chi connectivity index (χ3n) is 17.0. The molecule has 1 aliphatic rings. The maximum absolute atomic E-state index is 14.3. The Bertz CT molecular complexity index is 3780. The van der Waals surface area contributed by atoms with Crippen LogP contribution in [-0.2, 0) is 162 Å². The van der Waals surface area contributed by atoms with E-state index in [2.05, 4.69) is 53.3 Å². The fourth-order valence-electron chi connectivity index (χ4n) is 11.8. The minimum Gasteiger partial charge on any atom is -0.466 e. The molecule has 0 spiro atoms. The summed E-state index contributed by atoms with van der Waals surface area (Å²) < 4.78 is 94.8. The highest BCUT2D eigenvalue weighted by atomic mass is 31.2. The highest BCUT2D eigenvalue weighted by molar-refractivity contribution is 7.44. The molecule has 1 rings (SSSR count). The molecule has 0 bridgehead atoms. The number of carbonyl (C=O) groups is 17. The van der Waals surface area contributed by atoms with Gasteiger partial charge >= 0.3 is 53.7 Å². The molecule has 47 nitrogen and oxygen atoms in total. The Balaban J connectivity index is 3.70. The lowest BCUT2D eigenvalue weighted by atomic mass is 9.86. The first kappa shape index (κ1) is 117. The van der Waals surface area contributed by atoms with Crippen molar-refractivity contribution >= 4 is 110 Å². The van der Waals surface area contributed by atoms with Crippen molar-refractivity contribution in [3.8, 4) is 6.07 Å². The third-order valence-corrected chi connectivity index (χ3v) is 19.2. The van der Waals surface area contributed by atoms with Crippen molar-refractivity contribution in [2.24, 2.45) is 5.92 Å². The van der Waals surface area contributed by atoms with Crippen molar-refractivity contribution in [2.75, 3.05) is 106 Å². The van der Waals surface area contributed by atoms with Crippen LogP contribution in [0.2, 0.25) is 0 Å². The summed E-state index contributed by atoms with van der Waals surface area (Å²) in [6, 6.07) is -0.770. The molecule has 1 aliphatic carbocycles. The molecule has 730 valence electrons. The third kappa shape index (κ3) is 53.4. The lowest BCUT2D eigenvalue weighted by Gasteiger charge is -2.38. The Morgan fingerprint density at radius 3 is 1.06 bits per heavy atom. The van der Waals surface area contributed by atoms with Gasteiger partial charge in [-0.05, 0) is 72.6 Å². The second-order valence-electron chi connectivity index (χ2n) is 29.0. The number of nitrogens with one attached hydrogen (secondary N) is 8. The standard InChI is InChI=1S/C81H129N10O37P/c1-47(2)91(48(3)4)129(121-34-18-17-30-82)128-62-21-19-61(20-22-62)76(106)90-64(78(108)85-33-40-114-43-46-120-81(111)72(88-51(7)94)75(127-60(16)103)67(124-57(13)100)29-37-117-54(10)97)24-26-69(105)89-63(77(107)84-32-39-113-42-45-119-80(110)71(87-50(6)93)74(126-59(15)102)66(123-56(12)99)28-36-116-53(9)96)23-25-68(104)83-31-38-112-41-44-118-79(109)70(86-49(5)92)73(125-58(14)101)65(122-55(11)98)27-35-115-52(8)95/h47-48,61-67,79-81,109-111H,17-29,31-46H2,1-16H3,(H,83,104)(H,84,107)(H,85,108)(H,86,92)(H,87,93)(H,88,94)(H,89,105)(H,90,106)/b73-70-,74-71-,75-72-. The average Bonchev–Trinajstić information content (AvgIpc) is 0.949. The monoisotopic (exact) mass is 1860 g/mol. The van der Waals surface area contributed by atoms with Gasteiger partial charge in [0, 0.05) is 159 Å². The normalized spacial score (nSPS) is 15.7. The Morgan fingerprint density at radius 1 is 0.403 bits per heavy atom. The first-order valence-corrected chi connectivity index (χ1v) is 42.8. The number of amides is 8. The summed E-state index contributed by atoms with van der Waals surface area (Å²) in [6.45, 7) is 16.3. The van der Waals surface area contributed by atoms with E-state index in [9.17, 15) is 96.8 Å². The van der Waals surface area contributed by atoms with Crippen LogP contribution in [-0.4, -0.2) is 294 Å². The van der Waals surface area contributed by atoms with E-state index < -0.39 is 232 Å². The van der Waals surface area contributed by atoms with Gasteiger partial charge in [-0.1, -0.05) is 0 Å². The van der Waals surface area contributed by atoms with Crippen LogP contribution in [0.15, 0.2) is 34.4 Å². The van der Waals surface area contributed by atoms with Gasteiger partial charge in [0.2, 0.25) is 47.3 Å². The zero-order valence-corrected chi connectivity index (χ0v) is 76.9. The lowest BCUT2D eigenvalue weighted by Crippen LogP contribution is -2.51. The van der Waals surface area contributed by atoms with Gasteiger partial charge in [-0.3, -0.25) is 81.5 Å². The van der Waals surface area contributed by atoms with Crippen LogP contribution in [0.1, 0.15) is 194 Å². The Morgan fingerprint density at radius 2 is 0.744 bits per heavy atom. The SMILES string of the molecule is CC(=O)N/C(=C(\OC(C)=O)C(CCOC(C)=O)OC(C)=O)C(O)OCCOCCNC(=O)CCC(NC(=O)CCC(NC(=O)C1CCC(OP(OCCCC#N)N(C(C)C)C(C)C)CC1)C(=O)NCCOCCOC(O)/C(NC(C)=O)=C(/OC(C)=O)C(CCOC(C)=O)OC(C)=O)C(=O)NCCOCCOC(O)/C(NC(C)=O)=C(/OC(C)=O)C(CCOC(C)=O)OC(C)=O. The number of unbranched alkanes of at least 4 members (excludes halogenated alkanes) is 1. The van der Waals surface area contributed by atoms with Crippen LogP contribution in [0.5, 0.6) is 0 Å². The van der Waals surface area contributed by atoms with E-state index in [4.69, 9.17) is 85.4 Å². The first-order valence-electron chi connectivity index (χ1n) is 41.7. The summed E-state index contributed by atoms with van der Waals surface area (Å²) in [6.07, 6.45) is -11.4. The van der Waals surface area contributed by atoms with Crippen LogP contribution in [0.3, 0.4) is 0 Å². The molecule has 11 N–H and O–H groups in total. The largest absolute Gasteiger partial charge is 0.466 e. The predicted molar refractivity (Wildman–Crippen MR) is 445 cm³/mol. The zero-order valence-electron chi connectivity index (χ0n) is 76.0.